The molecule has 0 unspecified atom stereocenters. The molecule has 0 bridgehead atoms. The lowest BCUT2D eigenvalue weighted by Crippen LogP contribution is -2.18. The highest BCUT2D eigenvalue weighted by atomic mass is 35.5. The molecule has 0 fully saturated rings. The first-order valence-electron chi connectivity index (χ1n) is 33.6. The molecule has 15 rings (SSSR count). The van der Waals surface area contributed by atoms with Gasteiger partial charge in [-0.1, -0.05) is 83.2 Å². The topological polar surface area (TPSA) is 419 Å². The molecule has 0 atom stereocenters. The van der Waals surface area contributed by atoms with Crippen molar-refractivity contribution in [3.63, 3.8) is 0 Å². The lowest BCUT2D eigenvalue weighted by Gasteiger charge is -2.12. The number of benzene rings is 7. The highest BCUT2D eigenvalue weighted by Gasteiger charge is 2.34. The van der Waals surface area contributed by atoms with Crippen molar-refractivity contribution in [1.29, 1.82) is 0 Å². The van der Waals surface area contributed by atoms with Crippen LogP contribution in [0.4, 0.5) is 71.0 Å². The van der Waals surface area contributed by atoms with Crippen molar-refractivity contribution in [1.82, 2.24) is 59.8 Å². The molecule has 8 N–H and O–H groups in total. The standard InChI is InChI=1S/C20H13ClF2N4O3S.C19H9ClF4N4O3S.C19H10ClF3N4O3S.C16H13ClF2N4O3S/c1-10-2-4-11(5-3-10)31(29,30)27-14-7-6-13(22)16(17(14)23)18(28)12-8-24-20-15(12)19(21)25-9-26-20;20-18-14-9(6-25-19(14)27-7-26-18)17(29)15-11(23)3-4-12(16(15)24)28-32(30,31)13-5-8(21)1-2-10(13)22;20-18-14-9(7-24-19(14)26-8-25-18)17(28)15-11(22)5-6-12(16(15)23)27-31(29,30)13-4-2-1-3-10(13)21;1-2-5-27(25,26)23-10-4-3-9(18)12(13(10)19)14(24)8-6-20-16-11(8)15(17)21-7-22-16/h2-9,27H,1H3,(H,24,25,26);1-7,28H,(H,25,26,27);1-8,27H,(H,24,25,26);3-4,6-7,23H,2,5H2,1H3,(H,20,21,22). The van der Waals surface area contributed by atoms with Crippen LogP contribution in [0.15, 0.2) is 180 Å². The van der Waals surface area contributed by atoms with Crippen LogP contribution in [0.1, 0.15) is 82.6 Å². The first-order valence-corrected chi connectivity index (χ1v) is 41.2. The number of hydrogen-bond acceptors (Lipinski definition) is 20. The van der Waals surface area contributed by atoms with Gasteiger partial charge in [-0.05, 0) is 104 Å². The lowest BCUT2D eigenvalue weighted by molar-refractivity contribution is 0.102. The number of fused-ring (bicyclic) bond motifs is 4. The van der Waals surface area contributed by atoms with E-state index in [4.69, 9.17) is 46.4 Å². The largest absolute Gasteiger partial charge is 0.345 e. The summed E-state index contributed by atoms with van der Waals surface area (Å²) in [6.45, 7) is 3.42. The fourth-order valence-electron chi connectivity index (χ4n) is 11.5. The number of nitrogens with one attached hydrogen (secondary N) is 8. The third-order valence-corrected chi connectivity index (χ3v) is 23.8. The molecule has 7 aromatic carbocycles. The maximum absolute atomic E-state index is 15.1. The van der Waals surface area contributed by atoms with Crippen LogP contribution >= 0.6 is 46.4 Å². The van der Waals surface area contributed by atoms with E-state index in [2.05, 4.69) is 64.5 Å². The van der Waals surface area contributed by atoms with Crippen molar-refractivity contribution < 1.29 is 101 Å². The summed E-state index contributed by atoms with van der Waals surface area (Å²) < 4.78 is 265. The smallest absolute Gasteiger partial charge is 0.265 e. The Bertz CT molecular complexity index is 7250. The van der Waals surface area contributed by atoms with E-state index < -0.39 is 182 Å². The molecule has 0 aliphatic heterocycles. The molecule has 15 aromatic rings. The minimum Gasteiger partial charge on any atom is -0.345 e. The number of aromatic amines is 4. The van der Waals surface area contributed by atoms with E-state index in [1.54, 1.807) is 30.7 Å². The van der Waals surface area contributed by atoms with Crippen LogP contribution in [0, 0.1) is 70.9 Å². The third kappa shape index (κ3) is 18.2. The van der Waals surface area contributed by atoms with Crippen LogP contribution in [0.3, 0.4) is 0 Å². The SMILES string of the molecule is CCCS(=O)(=O)Nc1ccc(F)c(C(=O)c2c[nH]c3ncnc(Cl)c23)c1F.Cc1ccc(S(=O)(=O)Nc2ccc(F)c(C(=O)c3c[nH]c4ncnc(Cl)c34)c2F)cc1.O=C(c1c(F)ccc(NS(=O)(=O)c2cc(F)ccc2F)c1F)c1c[nH]c2ncnc(Cl)c12.O=C(c1c(F)ccc(NS(=O)(=O)c2ccccc2F)c1F)c1c[nH]c2ncnc(Cl)c12. The summed E-state index contributed by atoms with van der Waals surface area (Å²) in [7, 11) is -17.4. The first-order chi connectivity index (χ1) is 57.2. The molecule has 0 spiro atoms. The molecule has 28 nitrogen and oxygen atoms in total. The molecule has 8 heterocycles. The Labute approximate surface area is 692 Å². The summed E-state index contributed by atoms with van der Waals surface area (Å²) in [6, 6.07) is 18.2. The van der Waals surface area contributed by atoms with Crippen LogP contribution in [-0.2, 0) is 40.1 Å². The van der Waals surface area contributed by atoms with Crippen LogP contribution in [-0.4, -0.2) is 122 Å². The molecular formula is C74H45Cl4F11N16O12S4. The number of anilines is 4. The van der Waals surface area contributed by atoms with E-state index in [0.717, 1.165) is 79.4 Å². The van der Waals surface area contributed by atoms with Crippen molar-refractivity contribution in [2.24, 2.45) is 0 Å². The predicted molar refractivity (Wildman–Crippen MR) is 419 cm³/mol. The second-order valence-electron chi connectivity index (χ2n) is 24.9. The monoisotopic (exact) mass is 1830 g/mol. The fraction of sp³-hybridized carbons (Fsp3) is 0.0541. The summed E-state index contributed by atoms with van der Waals surface area (Å²) in [5.41, 5.74) is -5.89. The van der Waals surface area contributed by atoms with E-state index >= 15 is 13.2 Å². The number of halogens is 15. The number of nitrogens with zero attached hydrogens (tertiary/aromatic N) is 8. The van der Waals surface area contributed by atoms with Crippen molar-refractivity contribution in [3.05, 3.63) is 300 Å². The average molecular weight is 1830 g/mol. The number of carbonyl (C=O) groups is 4. The summed E-state index contributed by atoms with van der Waals surface area (Å²) in [6.07, 6.45) is 9.56. The van der Waals surface area contributed by atoms with Gasteiger partial charge in [-0.3, -0.25) is 38.1 Å². The van der Waals surface area contributed by atoms with Gasteiger partial charge in [0.2, 0.25) is 33.2 Å². The molecule has 0 saturated heterocycles. The summed E-state index contributed by atoms with van der Waals surface area (Å²) in [5.74, 6) is -18.6. The Balaban J connectivity index is 0.000000148. The molecule has 0 amide bonds. The molecule has 8 aromatic heterocycles. The highest BCUT2D eigenvalue weighted by Crippen LogP contribution is 2.37. The quantitative estimate of drug-likeness (QED) is 0.0188. The number of H-pyrrole nitrogens is 4. The third-order valence-electron chi connectivity index (χ3n) is 17.1. The highest BCUT2D eigenvalue weighted by molar-refractivity contribution is 7.93. The number of ketones is 4. The van der Waals surface area contributed by atoms with Gasteiger partial charge in [-0.15, -0.1) is 0 Å². The maximum atomic E-state index is 15.1. The lowest BCUT2D eigenvalue weighted by atomic mass is 10.0. The Kier molecular flexibility index (Phi) is 25.4. The van der Waals surface area contributed by atoms with Gasteiger partial charge in [-0.2, -0.15) is 0 Å². The Morgan fingerprint density at radius 3 is 0.983 bits per heavy atom. The number of hydrogen-bond donors (Lipinski definition) is 8. The van der Waals surface area contributed by atoms with Gasteiger partial charge in [0.25, 0.3) is 30.1 Å². The molecule has 0 aliphatic carbocycles. The van der Waals surface area contributed by atoms with Crippen LogP contribution in [0.5, 0.6) is 0 Å². The van der Waals surface area contributed by atoms with Gasteiger partial charge in [0.1, 0.15) is 119 Å². The van der Waals surface area contributed by atoms with Crippen molar-refractivity contribution in [2.45, 2.75) is 35.0 Å². The second-order valence-corrected chi connectivity index (χ2v) is 33.1. The number of aromatic nitrogens is 12. The maximum Gasteiger partial charge on any atom is 0.265 e. The van der Waals surface area contributed by atoms with Gasteiger partial charge in [0.05, 0.1) is 99.5 Å². The zero-order valence-electron chi connectivity index (χ0n) is 60.3. The van der Waals surface area contributed by atoms with Crippen molar-refractivity contribution >= 4 is 177 Å². The van der Waals surface area contributed by atoms with Gasteiger partial charge >= 0.3 is 0 Å². The zero-order chi connectivity index (χ0) is 87.6. The van der Waals surface area contributed by atoms with Crippen molar-refractivity contribution in [2.75, 3.05) is 24.6 Å². The van der Waals surface area contributed by atoms with Gasteiger partial charge < -0.3 is 19.9 Å². The number of carbonyl (C=O) groups excluding carboxylic acids is 4. The molecule has 121 heavy (non-hydrogen) atoms. The predicted octanol–water partition coefficient (Wildman–Crippen LogP) is 15.8. The number of rotatable bonds is 21. The van der Waals surface area contributed by atoms with E-state index in [9.17, 15) is 88.0 Å². The number of sulfonamides is 4. The first kappa shape index (κ1) is 87.4. The Morgan fingerprint density at radius 1 is 0.355 bits per heavy atom. The van der Waals surface area contributed by atoms with Crippen molar-refractivity contribution in [3.8, 4) is 0 Å². The molecule has 0 aliphatic rings. The van der Waals surface area contributed by atoms with Gasteiger partial charge in [0.15, 0.2) is 23.3 Å². The summed E-state index contributed by atoms with van der Waals surface area (Å²) in [4.78, 5) is 90.7. The molecule has 622 valence electrons. The second kappa shape index (κ2) is 35.2. The number of aryl methyl sites for hydroxylation is 1. The minimum absolute atomic E-state index is 0.00535. The van der Waals surface area contributed by atoms with Gasteiger partial charge in [0, 0.05) is 24.8 Å². The van der Waals surface area contributed by atoms with Crippen LogP contribution in [0.25, 0.3) is 44.1 Å². The average Bonchev–Trinajstić information content (AvgIpc) is 1.76. The van der Waals surface area contributed by atoms with Gasteiger partial charge in [-0.25, -0.2) is 122 Å². The molecule has 0 radical (unpaired) electrons. The van der Waals surface area contributed by atoms with E-state index in [1.807, 2.05) is 9.44 Å². The molecule has 0 saturated carbocycles. The zero-order valence-corrected chi connectivity index (χ0v) is 66.6. The molecular weight excluding hydrogens is 1780 g/mol. The Morgan fingerprint density at radius 2 is 0.653 bits per heavy atom. The summed E-state index contributed by atoms with van der Waals surface area (Å²) >= 11 is 23.9. The van der Waals surface area contributed by atoms with E-state index in [1.165, 1.54) is 43.0 Å². The van der Waals surface area contributed by atoms with E-state index in [0.29, 0.717) is 42.8 Å². The fourth-order valence-corrected chi connectivity index (χ4v) is 16.9. The Hall–Kier alpha value is -12.9. The van der Waals surface area contributed by atoms with Crippen LogP contribution in [0.2, 0.25) is 20.6 Å². The van der Waals surface area contributed by atoms with Crippen LogP contribution < -0.4 is 18.9 Å². The van der Waals surface area contributed by atoms with E-state index in [-0.39, 0.29) is 97.6 Å². The normalized spacial score (nSPS) is 11.6. The molecule has 47 heteroatoms. The minimum atomic E-state index is -4.83. The summed E-state index contributed by atoms with van der Waals surface area (Å²) in [5, 5.41) is -0.155.